The van der Waals surface area contributed by atoms with E-state index < -0.39 is 0 Å². The van der Waals surface area contributed by atoms with Gasteiger partial charge in [-0.25, -0.2) is 0 Å². The Morgan fingerprint density at radius 3 is 1.38 bits per heavy atom. The molecule has 0 aromatic rings. The number of nitrogens with one attached hydrogen (secondary N) is 1. The monoisotopic (exact) mass is 186 g/mol. The number of rotatable bonds is 6. The molecule has 3 N–H and O–H groups in total. The van der Waals surface area contributed by atoms with E-state index in [1.807, 2.05) is 0 Å². The Morgan fingerprint density at radius 2 is 1.31 bits per heavy atom. The van der Waals surface area contributed by atoms with Crippen LogP contribution >= 0.6 is 0 Å². The molecule has 0 fully saturated rings. The summed E-state index contributed by atoms with van der Waals surface area (Å²) >= 11 is 0. The normalized spacial score (nSPS) is 13.4. The highest BCUT2D eigenvalue weighted by Crippen LogP contribution is 2.41. The molecule has 0 radical (unpaired) electrons. The fourth-order valence-corrected chi connectivity index (χ4v) is 2.41. The molecule has 2 nitrogen and oxygen atoms in total. The van der Waals surface area contributed by atoms with Crippen LogP contribution in [0.15, 0.2) is 0 Å². The van der Waals surface area contributed by atoms with Crippen molar-refractivity contribution >= 4 is 0 Å². The molecule has 0 saturated heterocycles. The molecule has 0 aromatic heterocycles. The summed E-state index contributed by atoms with van der Waals surface area (Å²) in [6.45, 7) is 11.3. The van der Waals surface area contributed by atoms with Crippen LogP contribution in [-0.2, 0) is 0 Å². The predicted octanol–water partition coefficient (Wildman–Crippen LogP) is 2.83. The quantitative estimate of drug-likeness (QED) is 0.494. The first-order chi connectivity index (χ1) is 6.05. The minimum Gasteiger partial charge on any atom is -0.271 e. The molecule has 0 amide bonds. The van der Waals surface area contributed by atoms with Crippen LogP contribution in [0.4, 0.5) is 0 Å². The molecular formula is C11H26N2. The van der Waals surface area contributed by atoms with Gasteiger partial charge in [0, 0.05) is 5.54 Å². The van der Waals surface area contributed by atoms with Gasteiger partial charge in [-0.3, -0.25) is 11.3 Å². The standard InChI is InChI=1S/C11H26N2/c1-6-10(5,7-2)11(8-3,9-4)13-12/h13H,6-9,12H2,1-5H3. The summed E-state index contributed by atoms with van der Waals surface area (Å²) in [5, 5.41) is 0. The maximum absolute atomic E-state index is 5.72. The van der Waals surface area contributed by atoms with Gasteiger partial charge in [-0.15, -0.1) is 0 Å². The lowest BCUT2D eigenvalue weighted by Crippen LogP contribution is -2.58. The molecule has 0 aromatic carbocycles. The summed E-state index contributed by atoms with van der Waals surface area (Å²) in [5.41, 5.74) is 3.48. The molecule has 0 spiro atoms. The lowest BCUT2D eigenvalue weighted by Gasteiger charge is -2.47. The number of nitrogens with two attached hydrogens (primary N) is 1. The molecule has 0 aliphatic carbocycles. The molecule has 0 rings (SSSR count). The maximum Gasteiger partial charge on any atom is 0.0369 e. The molecule has 0 bridgehead atoms. The Labute approximate surface area is 83.2 Å². The lowest BCUT2D eigenvalue weighted by molar-refractivity contribution is 0.0781. The zero-order valence-corrected chi connectivity index (χ0v) is 9.91. The van der Waals surface area contributed by atoms with Gasteiger partial charge in [-0.2, -0.15) is 0 Å². The van der Waals surface area contributed by atoms with Crippen molar-refractivity contribution in [1.29, 1.82) is 0 Å². The van der Waals surface area contributed by atoms with E-state index in [0.29, 0.717) is 5.41 Å². The Bertz CT molecular complexity index is 127. The van der Waals surface area contributed by atoms with Gasteiger partial charge in [-0.1, -0.05) is 34.6 Å². The third-order valence-corrected chi connectivity index (χ3v) is 4.20. The molecule has 0 saturated carbocycles. The van der Waals surface area contributed by atoms with Crippen molar-refractivity contribution in [2.75, 3.05) is 0 Å². The van der Waals surface area contributed by atoms with Crippen LogP contribution in [0.3, 0.4) is 0 Å². The van der Waals surface area contributed by atoms with Gasteiger partial charge in [0.25, 0.3) is 0 Å². The highest BCUT2D eigenvalue weighted by Gasteiger charge is 2.42. The first kappa shape index (κ1) is 12.9. The van der Waals surface area contributed by atoms with E-state index in [9.17, 15) is 0 Å². The Balaban J connectivity index is 4.87. The largest absolute Gasteiger partial charge is 0.271 e. The van der Waals surface area contributed by atoms with Crippen LogP contribution < -0.4 is 11.3 Å². The first-order valence-electron chi connectivity index (χ1n) is 5.53. The molecule has 80 valence electrons. The third kappa shape index (κ3) is 2.05. The van der Waals surface area contributed by atoms with Crippen molar-refractivity contribution in [2.45, 2.75) is 65.8 Å². The second-order valence-corrected chi connectivity index (χ2v) is 4.20. The second kappa shape index (κ2) is 4.97. The van der Waals surface area contributed by atoms with Crippen LogP contribution in [0.1, 0.15) is 60.3 Å². The zero-order valence-electron chi connectivity index (χ0n) is 9.91. The maximum atomic E-state index is 5.72. The number of hydrazine groups is 1. The SMILES string of the molecule is CCC(C)(CC)C(CC)(CC)NN. The van der Waals surface area contributed by atoms with E-state index in [0.717, 1.165) is 12.8 Å². The predicted molar refractivity (Wildman–Crippen MR) is 59.3 cm³/mol. The third-order valence-electron chi connectivity index (χ3n) is 4.20. The Hall–Kier alpha value is -0.0800. The fourth-order valence-electron chi connectivity index (χ4n) is 2.41. The van der Waals surface area contributed by atoms with Gasteiger partial charge >= 0.3 is 0 Å². The summed E-state index contributed by atoms with van der Waals surface area (Å²) in [6, 6.07) is 0. The van der Waals surface area contributed by atoms with E-state index in [4.69, 9.17) is 5.84 Å². The average Bonchev–Trinajstić information content (AvgIpc) is 2.20. The number of hydrogen-bond acceptors (Lipinski definition) is 2. The van der Waals surface area contributed by atoms with Crippen molar-refractivity contribution < 1.29 is 0 Å². The second-order valence-electron chi connectivity index (χ2n) is 4.20. The Morgan fingerprint density at radius 1 is 0.923 bits per heavy atom. The smallest absolute Gasteiger partial charge is 0.0369 e. The van der Waals surface area contributed by atoms with Crippen molar-refractivity contribution in [3.63, 3.8) is 0 Å². The van der Waals surface area contributed by atoms with E-state index in [2.05, 4.69) is 40.0 Å². The summed E-state index contributed by atoms with van der Waals surface area (Å²) in [7, 11) is 0. The van der Waals surface area contributed by atoms with Crippen LogP contribution in [0.2, 0.25) is 0 Å². The van der Waals surface area contributed by atoms with Gasteiger partial charge in [0.15, 0.2) is 0 Å². The first-order valence-corrected chi connectivity index (χ1v) is 5.53. The molecular weight excluding hydrogens is 160 g/mol. The van der Waals surface area contributed by atoms with Crippen LogP contribution in [-0.4, -0.2) is 5.54 Å². The zero-order chi connectivity index (χ0) is 10.5. The van der Waals surface area contributed by atoms with Gasteiger partial charge in [0.2, 0.25) is 0 Å². The van der Waals surface area contributed by atoms with Crippen molar-refractivity contribution in [3.8, 4) is 0 Å². The minimum atomic E-state index is 0.108. The molecule has 0 unspecified atom stereocenters. The minimum absolute atomic E-state index is 0.108. The summed E-state index contributed by atoms with van der Waals surface area (Å²) in [6.07, 6.45) is 4.54. The summed E-state index contributed by atoms with van der Waals surface area (Å²) in [4.78, 5) is 0. The van der Waals surface area contributed by atoms with Gasteiger partial charge < -0.3 is 0 Å². The van der Waals surface area contributed by atoms with E-state index in [1.54, 1.807) is 0 Å². The highest BCUT2D eigenvalue weighted by atomic mass is 15.3. The topological polar surface area (TPSA) is 38.0 Å². The van der Waals surface area contributed by atoms with Crippen LogP contribution in [0, 0.1) is 5.41 Å². The Kier molecular flexibility index (Phi) is 4.93. The van der Waals surface area contributed by atoms with Crippen LogP contribution in [0.25, 0.3) is 0 Å². The molecule has 0 heterocycles. The van der Waals surface area contributed by atoms with Crippen molar-refractivity contribution in [1.82, 2.24) is 5.43 Å². The average molecular weight is 186 g/mol. The summed E-state index contributed by atoms with van der Waals surface area (Å²) < 4.78 is 0. The van der Waals surface area contributed by atoms with E-state index in [-0.39, 0.29) is 5.54 Å². The van der Waals surface area contributed by atoms with Crippen molar-refractivity contribution in [2.24, 2.45) is 11.3 Å². The van der Waals surface area contributed by atoms with Gasteiger partial charge in [0.05, 0.1) is 0 Å². The molecule has 2 heteroatoms. The molecule has 13 heavy (non-hydrogen) atoms. The summed E-state index contributed by atoms with van der Waals surface area (Å²) in [5.74, 6) is 5.72. The van der Waals surface area contributed by atoms with Crippen molar-refractivity contribution in [3.05, 3.63) is 0 Å². The van der Waals surface area contributed by atoms with Gasteiger partial charge in [0.1, 0.15) is 0 Å². The van der Waals surface area contributed by atoms with E-state index in [1.165, 1.54) is 12.8 Å². The lowest BCUT2D eigenvalue weighted by atomic mass is 9.65. The fraction of sp³-hybridized carbons (Fsp3) is 1.00. The number of hydrogen-bond donors (Lipinski definition) is 2. The molecule has 0 atom stereocenters. The highest BCUT2D eigenvalue weighted by molar-refractivity contribution is 4.98. The van der Waals surface area contributed by atoms with Crippen LogP contribution in [0.5, 0.6) is 0 Å². The molecule has 0 aliphatic rings. The van der Waals surface area contributed by atoms with E-state index >= 15 is 0 Å². The van der Waals surface area contributed by atoms with Gasteiger partial charge in [-0.05, 0) is 31.1 Å². The molecule has 0 aliphatic heterocycles.